The molecule has 0 amide bonds. The summed E-state index contributed by atoms with van der Waals surface area (Å²) in [5.74, 6) is 0. The normalized spacial score (nSPS) is 9.27. The van der Waals surface area contributed by atoms with Crippen molar-refractivity contribution in [2.75, 3.05) is 27.2 Å². The molecule has 2 nitrogen and oxygen atoms in total. The van der Waals surface area contributed by atoms with Crippen molar-refractivity contribution in [1.82, 2.24) is 4.90 Å². The van der Waals surface area contributed by atoms with E-state index in [9.17, 15) is 0 Å². The minimum absolute atomic E-state index is 0.250. The molecular formula is C9H23NO. The van der Waals surface area contributed by atoms with E-state index < -0.39 is 0 Å². The van der Waals surface area contributed by atoms with Crippen LogP contribution in [0.15, 0.2) is 0 Å². The predicted molar refractivity (Wildman–Crippen MR) is 50.8 cm³/mol. The molecule has 0 aliphatic heterocycles. The molecule has 0 rings (SSSR count). The summed E-state index contributed by atoms with van der Waals surface area (Å²) in [5.41, 5.74) is 0. The van der Waals surface area contributed by atoms with Crippen molar-refractivity contribution in [2.45, 2.75) is 33.1 Å². The van der Waals surface area contributed by atoms with Crippen LogP contribution in [0.2, 0.25) is 0 Å². The lowest BCUT2D eigenvalue weighted by Crippen LogP contribution is -2.12. The molecule has 0 fully saturated rings. The second kappa shape index (κ2) is 12.6. The quantitative estimate of drug-likeness (QED) is 0.635. The molecule has 0 saturated carbocycles. The van der Waals surface area contributed by atoms with E-state index in [-0.39, 0.29) is 6.61 Å². The fraction of sp³-hybridized carbons (Fsp3) is 1.00. The first-order valence-corrected chi connectivity index (χ1v) is 4.44. The van der Waals surface area contributed by atoms with Gasteiger partial charge in [0.25, 0.3) is 0 Å². The van der Waals surface area contributed by atoms with Crippen LogP contribution >= 0.6 is 0 Å². The number of nitrogens with zero attached hydrogens (tertiary/aromatic N) is 1. The van der Waals surface area contributed by atoms with Crippen LogP contribution in [0.5, 0.6) is 0 Å². The molecule has 0 atom stereocenters. The van der Waals surface area contributed by atoms with Gasteiger partial charge in [-0.3, -0.25) is 0 Å². The third-order valence-electron chi connectivity index (χ3n) is 1.21. The maximum atomic E-state index is 7.57. The van der Waals surface area contributed by atoms with Gasteiger partial charge >= 0.3 is 0 Å². The van der Waals surface area contributed by atoms with Gasteiger partial charge in [-0.05, 0) is 34.0 Å². The maximum absolute atomic E-state index is 7.57. The number of aliphatic hydroxyl groups is 1. The highest BCUT2D eigenvalue weighted by Gasteiger charge is 1.86. The van der Waals surface area contributed by atoms with Crippen LogP contribution in [-0.2, 0) is 0 Å². The zero-order chi connectivity index (χ0) is 9.11. The molecule has 2 heteroatoms. The Kier molecular flexibility index (Phi) is 15.4. The van der Waals surface area contributed by atoms with E-state index in [4.69, 9.17) is 5.11 Å². The molecule has 0 bridgehead atoms. The molecule has 1 N–H and O–H groups in total. The van der Waals surface area contributed by atoms with Crippen molar-refractivity contribution >= 4 is 0 Å². The van der Waals surface area contributed by atoms with E-state index in [1.807, 2.05) is 0 Å². The molecule has 0 spiro atoms. The van der Waals surface area contributed by atoms with Gasteiger partial charge in [-0.2, -0.15) is 0 Å². The molecule has 0 aromatic heterocycles. The van der Waals surface area contributed by atoms with Gasteiger partial charge < -0.3 is 10.0 Å². The molecule has 0 aromatic carbocycles. The third-order valence-corrected chi connectivity index (χ3v) is 1.21. The smallest absolute Gasteiger partial charge is 0.0402 e. The lowest BCUT2D eigenvalue weighted by atomic mass is 10.2. The van der Waals surface area contributed by atoms with E-state index in [1.165, 1.54) is 25.8 Å². The SMILES string of the molecule is CCCCCN(C)C.CCO. The Hall–Kier alpha value is -0.0800. The van der Waals surface area contributed by atoms with E-state index in [2.05, 4.69) is 25.9 Å². The Morgan fingerprint density at radius 3 is 1.82 bits per heavy atom. The zero-order valence-corrected chi connectivity index (χ0v) is 8.43. The summed E-state index contributed by atoms with van der Waals surface area (Å²) in [7, 11) is 4.24. The predicted octanol–water partition coefficient (Wildman–Crippen LogP) is 1.74. The minimum atomic E-state index is 0.250. The van der Waals surface area contributed by atoms with Gasteiger partial charge in [-0.15, -0.1) is 0 Å². The molecular weight excluding hydrogens is 138 g/mol. The highest BCUT2D eigenvalue weighted by molar-refractivity contribution is 4.42. The Labute approximate surface area is 71.2 Å². The molecule has 0 unspecified atom stereocenters. The first-order chi connectivity index (χ1) is 5.18. The van der Waals surface area contributed by atoms with Gasteiger partial charge in [0.2, 0.25) is 0 Å². The standard InChI is InChI=1S/C7H17N.C2H6O/c1-4-5-6-7-8(2)3;1-2-3/h4-7H2,1-3H3;3H,2H2,1H3. The molecule has 0 radical (unpaired) electrons. The molecule has 0 heterocycles. The Morgan fingerprint density at radius 2 is 1.55 bits per heavy atom. The number of rotatable bonds is 4. The monoisotopic (exact) mass is 161 g/mol. The van der Waals surface area contributed by atoms with E-state index >= 15 is 0 Å². The summed E-state index contributed by atoms with van der Waals surface area (Å²) in [5, 5.41) is 7.57. The second-order valence-electron chi connectivity index (χ2n) is 2.83. The van der Waals surface area contributed by atoms with Gasteiger partial charge in [-0.1, -0.05) is 19.8 Å². The Morgan fingerprint density at radius 1 is 1.09 bits per heavy atom. The fourth-order valence-electron chi connectivity index (χ4n) is 0.678. The van der Waals surface area contributed by atoms with Gasteiger partial charge in [-0.25, -0.2) is 0 Å². The van der Waals surface area contributed by atoms with Crippen LogP contribution in [-0.4, -0.2) is 37.3 Å². The van der Waals surface area contributed by atoms with Crippen molar-refractivity contribution in [3.05, 3.63) is 0 Å². The van der Waals surface area contributed by atoms with Gasteiger partial charge in [0, 0.05) is 6.61 Å². The largest absolute Gasteiger partial charge is 0.397 e. The van der Waals surface area contributed by atoms with Gasteiger partial charge in [0.1, 0.15) is 0 Å². The summed E-state index contributed by atoms with van der Waals surface area (Å²) in [4.78, 5) is 2.23. The van der Waals surface area contributed by atoms with Crippen LogP contribution in [0, 0.1) is 0 Å². The summed E-state index contributed by atoms with van der Waals surface area (Å²) >= 11 is 0. The van der Waals surface area contributed by atoms with Crippen LogP contribution in [0.1, 0.15) is 33.1 Å². The van der Waals surface area contributed by atoms with Crippen molar-refractivity contribution in [3.63, 3.8) is 0 Å². The van der Waals surface area contributed by atoms with Crippen molar-refractivity contribution < 1.29 is 5.11 Å². The lowest BCUT2D eigenvalue weighted by Gasteiger charge is -2.06. The molecule has 0 saturated heterocycles. The summed E-state index contributed by atoms with van der Waals surface area (Å²) in [6, 6.07) is 0. The molecule has 0 aliphatic rings. The number of hydrogen-bond acceptors (Lipinski definition) is 2. The average molecular weight is 161 g/mol. The summed E-state index contributed by atoms with van der Waals surface area (Å²) in [6.45, 7) is 5.41. The second-order valence-corrected chi connectivity index (χ2v) is 2.83. The van der Waals surface area contributed by atoms with E-state index in [0.717, 1.165) is 0 Å². The number of unbranched alkanes of at least 4 members (excludes halogenated alkanes) is 2. The summed E-state index contributed by atoms with van der Waals surface area (Å²) in [6.07, 6.45) is 4.05. The highest BCUT2D eigenvalue weighted by Crippen LogP contribution is 1.93. The van der Waals surface area contributed by atoms with Crippen LogP contribution < -0.4 is 0 Å². The minimum Gasteiger partial charge on any atom is -0.397 e. The third kappa shape index (κ3) is 25.7. The summed E-state index contributed by atoms with van der Waals surface area (Å²) < 4.78 is 0. The van der Waals surface area contributed by atoms with E-state index in [0.29, 0.717) is 0 Å². The fourth-order valence-corrected chi connectivity index (χ4v) is 0.678. The lowest BCUT2D eigenvalue weighted by molar-refractivity contribution is 0.318. The zero-order valence-electron chi connectivity index (χ0n) is 8.43. The topological polar surface area (TPSA) is 23.5 Å². The Balaban J connectivity index is 0. The molecule has 0 aromatic rings. The molecule has 11 heavy (non-hydrogen) atoms. The number of aliphatic hydroxyl groups excluding tert-OH is 1. The molecule has 0 aliphatic carbocycles. The first-order valence-electron chi connectivity index (χ1n) is 4.44. The van der Waals surface area contributed by atoms with Gasteiger partial charge in [0.05, 0.1) is 0 Å². The van der Waals surface area contributed by atoms with Crippen LogP contribution in [0.25, 0.3) is 0 Å². The van der Waals surface area contributed by atoms with Crippen LogP contribution in [0.3, 0.4) is 0 Å². The van der Waals surface area contributed by atoms with Gasteiger partial charge in [0.15, 0.2) is 0 Å². The highest BCUT2D eigenvalue weighted by atomic mass is 16.2. The molecule has 70 valence electrons. The van der Waals surface area contributed by atoms with Crippen LogP contribution in [0.4, 0.5) is 0 Å². The Bertz CT molecular complexity index is 55.5. The van der Waals surface area contributed by atoms with Crippen molar-refractivity contribution in [3.8, 4) is 0 Å². The number of hydrogen-bond donors (Lipinski definition) is 1. The first kappa shape index (κ1) is 13.5. The van der Waals surface area contributed by atoms with Crippen molar-refractivity contribution in [1.29, 1.82) is 0 Å². The van der Waals surface area contributed by atoms with Crippen molar-refractivity contribution in [2.24, 2.45) is 0 Å². The van der Waals surface area contributed by atoms with E-state index in [1.54, 1.807) is 6.92 Å². The maximum Gasteiger partial charge on any atom is 0.0402 e. The average Bonchev–Trinajstić information content (AvgIpc) is 1.89.